The number of benzene rings is 1. The smallest absolute Gasteiger partial charge is 0.262 e. The molecule has 1 aromatic carbocycles. The minimum absolute atomic E-state index is 0.0381. The maximum Gasteiger partial charge on any atom is 0.262 e. The van der Waals surface area contributed by atoms with E-state index in [1.165, 1.54) is 0 Å². The van der Waals surface area contributed by atoms with E-state index in [1.807, 2.05) is 0 Å². The summed E-state index contributed by atoms with van der Waals surface area (Å²) in [5, 5.41) is 2.71. The van der Waals surface area contributed by atoms with E-state index in [2.05, 4.69) is 5.32 Å². The van der Waals surface area contributed by atoms with Crippen LogP contribution in [0.1, 0.15) is 33.6 Å². The lowest BCUT2D eigenvalue weighted by Gasteiger charge is -2.15. The second-order valence-electron chi connectivity index (χ2n) is 5.18. The summed E-state index contributed by atoms with van der Waals surface area (Å²) in [6.07, 6.45) is 1.96. The van der Waals surface area contributed by atoms with Crippen molar-refractivity contribution in [2.75, 3.05) is 19.7 Å². The number of nitrogens with zero attached hydrogens (tertiary/aromatic N) is 1. The fourth-order valence-corrected chi connectivity index (χ4v) is 2.62. The van der Waals surface area contributed by atoms with Gasteiger partial charge in [-0.2, -0.15) is 0 Å². The molecular weight excluding hydrogens is 272 g/mol. The lowest BCUT2D eigenvalue weighted by Crippen LogP contribution is -2.42. The van der Waals surface area contributed by atoms with Gasteiger partial charge in [0.2, 0.25) is 5.91 Å². The van der Waals surface area contributed by atoms with Crippen LogP contribution in [-0.2, 0) is 9.53 Å². The molecule has 1 atom stereocenters. The van der Waals surface area contributed by atoms with E-state index in [0.29, 0.717) is 17.7 Å². The Morgan fingerprint density at radius 2 is 1.90 bits per heavy atom. The van der Waals surface area contributed by atoms with Crippen LogP contribution in [0.25, 0.3) is 0 Å². The van der Waals surface area contributed by atoms with E-state index in [1.54, 1.807) is 24.3 Å². The average Bonchev–Trinajstić information content (AvgIpc) is 3.09. The van der Waals surface area contributed by atoms with Gasteiger partial charge in [0.05, 0.1) is 17.2 Å². The summed E-state index contributed by atoms with van der Waals surface area (Å²) in [7, 11) is 0. The zero-order valence-electron chi connectivity index (χ0n) is 11.5. The summed E-state index contributed by atoms with van der Waals surface area (Å²) in [4.78, 5) is 37.1. The Balaban J connectivity index is 1.59. The van der Waals surface area contributed by atoms with E-state index in [0.717, 1.165) is 24.3 Å². The lowest BCUT2D eigenvalue weighted by atomic mass is 10.1. The third-order valence-corrected chi connectivity index (χ3v) is 3.73. The minimum atomic E-state index is -0.414. The van der Waals surface area contributed by atoms with Crippen LogP contribution < -0.4 is 5.32 Å². The minimum Gasteiger partial charge on any atom is -0.376 e. The number of hydrogen-bond donors (Lipinski definition) is 1. The molecule has 1 fully saturated rings. The number of carbonyl (C=O) groups is 3. The summed E-state index contributed by atoms with van der Waals surface area (Å²) >= 11 is 0. The highest BCUT2D eigenvalue weighted by molar-refractivity contribution is 6.22. The summed E-state index contributed by atoms with van der Waals surface area (Å²) in [5.74, 6) is -1.18. The van der Waals surface area contributed by atoms with E-state index >= 15 is 0 Å². The second kappa shape index (κ2) is 5.65. The maximum absolute atomic E-state index is 12.1. The van der Waals surface area contributed by atoms with Crippen molar-refractivity contribution in [3.8, 4) is 0 Å². The molecule has 110 valence electrons. The van der Waals surface area contributed by atoms with Crippen molar-refractivity contribution in [3.05, 3.63) is 35.4 Å². The summed E-state index contributed by atoms with van der Waals surface area (Å²) in [6.45, 7) is 0.889. The molecule has 1 saturated heterocycles. The quantitative estimate of drug-likeness (QED) is 0.822. The number of carbonyl (C=O) groups excluding carboxylic acids is 3. The van der Waals surface area contributed by atoms with Gasteiger partial charge in [-0.3, -0.25) is 19.3 Å². The van der Waals surface area contributed by atoms with Gasteiger partial charge in [-0.15, -0.1) is 0 Å². The van der Waals surface area contributed by atoms with Crippen molar-refractivity contribution in [2.45, 2.75) is 18.9 Å². The molecular formula is C15H16N2O4. The predicted octanol–water partition coefficient (Wildman–Crippen LogP) is 0.578. The monoisotopic (exact) mass is 288 g/mol. The van der Waals surface area contributed by atoms with Crippen LogP contribution in [0.15, 0.2) is 24.3 Å². The molecule has 21 heavy (non-hydrogen) atoms. The maximum atomic E-state index is 12.1. The van der Waals surface area contributed by atoms with Crippen molar-refractivity contribution in [2.24, 2.45) is 0 Å². The Hall–Kier alpha value is -2.21. The first kappa shape index (κ1) is 13.8. The Morgan fingerprint density at radius 1 is 1.24 bits per heavy atom. The van der Waals surface area contributed by atoms with E-state index in [9.17, 15) is 14.4 Å². The Labute approximate surface area is 122 Å². The number of hydrogen-bond acceptors (Lipinski definition) is 4. The highest BCUT2D eigenvalue weighted by Gasteiger charge is 2.36. The van der Waals surface area contributed by atoms with Crippen LogP contribution in [-0.4, -0.2) is 48.4 Å². The first-order valence-corrected chi connectivity index (χ1v) is 7.00. The van der Waals surface area contributed by atoms with Gasteiger partial charge in [-0.25, -0.2) is 0 Å². The molecule has 0 spiro atoms. The van der Waals surface area contributed by atoms with E-state index in [4.69, 9.17) is 4.74 Å². The molecule has 0 aromatic heterocycles. The normalized spacial score (nSPS) is 20.8. The molecule has 0 radical (unpaired) electrons. The molecule has 0 bridgehead atoms. The van der Waals surface area contributed by atoms with Gasteiger partial charge >= 0.3 is 0 Å². The van der Waals surface area contributed by atoms with E-state index in [-0.39, 0.29) is 18.6 Å². The molecule has 1 N–H and O–H groups in total. The molecule has 6 heteroatoms. The summed E-state index contributed by atoms with van der Waals surface area (Å²) in [6, 6.07) is 6.59. The molecule has 0 unspecified atom stereocenters. The third kappa shape index (κ3) is 2.67. The fourth-order valence-electron chi connectivity index (χ4n) is 2.62. The Bertz CT molecular complexity index is 558. The predicted molar refractivity (Wildman–Crippen MR) is 73.8 cm³/mol. The molecule has 3 rings (SSSR count). The van der Waals surface area contributed by atoms with Crippen LogP contribution in [0.2, 0.25) is 0 Å². The fraction of sp³-hybridized carbons (Fsp3) is 0.400. The Kier molecular flexibility index (Phi) is 3.70. The number of fused-ring (bicyclic) bond motifs is 1. The second-order valence-corrected chi connectivity index (χ2v) is 5.18. The third-order valence-electron chi connectivity index (χ3n) is 3.73. The van der Waals surface area contributed by atoms with Crippen molar-refractivity contribution >= 4 is 17.7 Å². The average molecular weight is 288 g/mol. The molecule has 2 aliphatic heterocycles. The Morgan fingerprint density at radius 3 is 2.48 bits per heavy atom. The molecule has 2 aliphatic rings. The highest BCUT2D eigenvalue weighted by atomic mass is 16.5. The van der Waals surface area contributed by atoms with Crippen molar-refractivity contribution < 1.29 is 19.1 Å². The first-order valence-electron chi connectivity index (χ1n) is 7.00. The molecule has 1 aromatic rings. The van der Waals surface area contributed by atoms with Crippen LogP contribution in [0.4, 0.5) is 0 Å². The van der Waals surface area contributed by atoms with Gasteiger partial charge in [-0.1, -0.05) is 12.1 Å². The molecule has 6 nitrogen and oxygen atoms in total. The van der Waals surface area contributed by atoms with Crippen molar-refractivity contribution in [1.82, 2.24) is 10.2 Å². The van der Waals surface area contributed by atoms with Gasteiger partial charge in [0, 0.05) is 13.2 Å². The lowest BCUT2D eigenvalue weighted by molar-refractivity contribution is -0.121. The number of amides is 3. The van der Waals surface area contributed by atoms with Gasteiger partial charge < -0.3 is 10.1 Å². The van der Waals surface area contributed by atoms with Gasteiger partial charge in [0.15, 0.2) is 0 Å². The van der Waals surface area contributed by atoms with Gasteiger partial charge in [-0.05, 0) is 25.0 Å². The number of nitrogens with one attached hydrogen (secondary N) is 1. The molecule has 0 saturated carbocycles. The van der Waals surface area contributed by atoms with Crippen LogP contribution >= 0.6 is 0 Å². The summed E-state index contributed by atoms with van der Waals surface area (Å²) in [5.41, 5.74) is 0.712. The van der Waals surface area contributed by atoms with Crippen LogP contribution in [0.5, 0.6) is 0 Å². The molecule has 2 heterocycles. The zero-order valence-corrected chi connectivity index (χ0v) is 11.5. The highest BCUT2D eigenvalue weighted by Crippen LogP contribution is 2.21. The molecule has 3 amide bonds. The summed E-state index contributed by atoms with van der Waals surface area (Å²) < 4.78 is 5.40. The number of ether oxygens (including phenoxy) is 1. The van der Waals surface area contributed by atoms with Gasteiger partial charge in [0.25, 0.3) is 11.8 Å². The standard InChI is InChI=1S/C15H16N2O4/c18-13(16-8-10-4-3-7-21-10)9-17-14(19)11-5-1-2-6-12(11)15(17)20/h1-2,5-6,10H,3-4,7-9H2,(H,16,18)/t10-/m1/s1. The van der Waals surface area contributed by atoms with Crippen molar-refractivity contribution in [1.29, 1.82) is 0 Å². The SMILES string of the molecule is O=C(CN1C(=O)c2ccccc2C1=O)NC[C@H]1CCCO1. The van der Waals surface area contributed by atoms with Gasteiger partial charge in [0.1, 0.15) is 6.54 Å². The first-order chi connectivity index (χ1) is 10.2. The number of imide groups is 1. The van der Waals surface area contributed by atoms with E-state index < -0.39 is 11.8 Å². The van der Waals surface area contributed by atoms with Crippen molar-refractivity contribution in [3.63, 3.8) is 0 Å². The number of rotatable bonds is 4. The largest absolute Gasteiger partial charge is 0.376 e. The topological polar surface area (TPSA) is 75.7 Å². The van der Waals surface area contributed by atoms with Crippen LogP contribution in [0.3, 0.4) is 0 Å². The zero-order chi connectivity index (χ0) is 14.8. The van der Waals surface area contributed by atoms with Crippen LogP contribution in [0, 0.1) is 0 Å². The molecule has 0 aliphatic carbocycles.